The Balaban J connectivity index is 2.25. The second-order valence-corrected chi connectivity index (χ2v) is 4.00. The van der Waals surface area contributed by atoms with Gasteiger partial charge in [0.25, 0.3) is 0 Å². The summed E-state index contributed by atoms with van der Waals surface area (Å²) in [6.45, 7) is 0. The van der Waals surface area contributed by atoms with Crippen LogP contribution in [0.2, 0.25) is 5.02 Å². The molecule has 0 fully saturated rings. The second-order valence-electron chi connectivity index (χ2n) is 3.56. The molecule has 20 heavy (non-hydrogen) atoms. The predicted molar refractivity (Wildman–Crippen MR) is 65.5 cm³/mol. The fourth-order valence-corrected chi connectivity index (χ4v) is 1.51. The largest absolute Gasteiger partial charge is 0.474 e. The molecule has 0 spiro atoms. The number of rotatable bonds is 3. The minimum Gasteiger partial charge on any atom is -0.282 e. The quantitative estimate of drug-likeness (QED) is 0.667. The molecule has 10 heteroatoms. The minimum absolute atomic E-state index is 0.398. The summed E-state index contributed by atoms with van der Waals surface area (Å²) in [6.07, 6.45) is -3.62. The van der Waals surface area contributed by atoms with Crippen molar-refractivity contribution in [2.24, 2.45) is 0 Å². The van der Waals surface area contributed by atoms with Crippen molar-refractivity contribution >= 4 is 17.5 Å². The first-order valence-corrected chi connectivity index (χ1v) is 5.54. The predicted octanol–water partition coefficient (Wildman–Crippen LogP) is 1.72. The molecule has 0 aliphatic rings. The highest BCUT2D eigenvalue weighted by molar-refractivity contribution is 6.30. The molecule has 0 saturated heterocycles. The Bertz CT molecular complexity index is 672. The summed E-state index contributed by atoms with van der Waals surface area (Å²) < 4.78 is 36.8. The maximum Gasteiger partial charge on any atom is 0.474 e. The van der Waals surface area contributed by atoms with Crippen LogP contribution >= 0.6 is 11.6 Å². The molecule has 0 saturated carbocycles. The average Bonchev–Trinajstić information content (AvgIpc) is 2.35. The monoisotopic (exact) mass is 305 g/mol. The number of aromatic nitrogens is 3. The highest BCUT2D eigenvalue weighted by Gasteiger charge is 2.27. The van der Waals surface area contributed by atoms with Gasteiger partial charge in [-0.15, -0.1) is 5.43 Å². The van der Waals surface area contributed by atoms with Crippen LogP contribution in [-0.4, -0.2) is 20.8 Å². The van der Waals surface area contributed by atoms with E-state index < -0.39 is 17.9 Å². The molecule has 1 aromatic heterocycles. The Labute approximate surface area is 115 Å². The molecule has 0 bridgehead atoms. The first-order chi connectivity index (χ1) is 9.35. The molecule has 2 N–H and O–H groups in total. The number of hydrogen-bond acceptors (Lipinski definition) is 5. The van der Waals surface area contributed by atoms with E-state index in [1.807, 2.05) is 0 Å². The Morgan fingerprint density at radius 2 is 2.05 bits per heavy atom. The van der Waals surface area contributed by atoms with E-state index in [1.54, 1.807) is 23.6 Å². The molecule has 0 aliphatic carbocycles. The van der Waals surface area contributed by atoms with Gasteiger partial charge in [-0.25, -0.2) is 9.78 Å². The van der Waals surface area contributed by atoms with Crippen LogP contribution in [0.15, 0.2) is 35.4 Å². The minimum atomic E-state index is -4.66. The summed E-state index contributed by atoms with van der Waals surface area (Å²) in [4.78, 5) is 18.6. The van der Waals surface area contributed by atoms with Crippen LogP contribution in [0.4, 0.5) is 19.1 Å². The molecule has 6 nitrogen and oxygen atoms in total. The Morgan fingerprint density at radius 3 is 2.65 bits per heavy atom. The molecular formula is C10H7ClF3N5O. The molecule has 0 radical (unpaired) electrons. The van der Waals surface area contributed by atoms with Gasteiger partial charge in [0.05, 0.1) is 5.69 Å². The highest BCUT2D eigenvalue weighted by atomic mass is 35.5. The third kappa shape index (κ3) is 3.68. The van der Waals surface area contributed by atoms with Gasteiger partial charge >= 0.3 is 12.0 Å². The lowest BCUT2D eigenvalue weighted by Gasteiger charge is -2.10. The smallest absolute Gasteiger partial charge is 0.282 e. The molecule has 0 atom stereocenters. The lowest BCUT2D eigenvalue weighted by Crippen LogP contribution is -2.38. The van der Waals surface area contributed by atoms with Gasteiger partial charge in [0, 0.05) is 5.02 Å². The Kier molecular flexibility index (Phi) is 3.91. The van der Waals surface area contributed by atoms with Gasteiger partial charge in [-0.3, -0.25) is 9.99 Å². The van der Waals surface area contributed by atoms with Crippen LogP contribution < -0.4 is 16.5 Å². The van der Waals surface area contributed by atoms with Crippen LogP contribution in [0.25, 0.3) is 5.69 Å². The van der Waals surface area contributed by atoms with E-state index in [9.17, 15) is 18.0 Å². The van der Waals surface area contributed by atoms with Crippen molar-refractivity contribution in [2.75, 3.05) is 5.43 Å². The summed E-state index contributed by atoms with van der Waals surface area (Å²) >= 11 is 5.77. The van der Waals surface area contributed by atoms with Crippen LogP contribution in [0.3, 0.4) is 0 Å². The number of nitrogens with one attached hydrogen (secondary N) is 2. The standard InChI is InChI=1S/C10H7ClF3N5O/c11-6-2-1-3-7(4-6)19-5-15-8(16-9(19)20)17-18-10(12,13)14/h1-5,18H,(H,16,17,20). The summed E-state index contributed by atoms with van der Waals surface area (Å²) in [5.74, 6) is -0.495. The molecule has 1 aromatic carbocycles. The van der Waals surface area contributed by atoms with Crippen molar-refractivity contribution < 1.29 is 13.2 Å². The highest BCUT2D eigenvalue weighted by Crippen LogP contribution is 2.13. The van der Waals surface area contributed by atoms with E-state index in [0.29, 0.717) is 10.7 Å². The fourth-order valence-electron chi connectivity index (χ4n) is 1.33. The van der Waals surface area contributed by atoms with Crippen LogP contribution in [0.5, 0.6) is 0 Å². The number of hydrazine groups is 1. The van der Waals surface area contributed by atoms with Gasteiger partial charge in [0.1, 0.15) is 6.33 Å². The van der Waals surface area contributed by atoms with Gasteiger partial charge in [-0.05, 0) is 18.2 Å². The molecule has 0 amide bonds. The number of hydrogen-bond donors (Lipinski definition) is 2. The van der Waals surface area contributed by atoms with Gasteiger partial charge < -0.3 is 0 Å². The van der Waals surface area contributed by atoms with E-state index in [1.165, 1.54) is 6.07 Å². The third-order valence-electron chi connectivity index (χ3n) is 2.11. The van der Waals surface area contributed by atoms with Crippen molar-refractivity contribution in [1.29, 1.82) is 0 Å². The maximum absolute atomic E-state index is 11.9. The van der Waals surface area contributed by atoms with Crippen molar-refractivity contribution in [3.8, 4) is 5.69 Å². The van der Waals surface area contributed by atoms with Gasteiger partial charge in [0.2, 0.25) is 5.95 Å². The first kappa shape index (κ1) is 14.3. The topological polar surface area (TPSA) is 71.8 Å². The Hall–Kier alpha value is -2.13. The van der Waals surface area contributed by atoms with E-state index in [0.717, 1.165) is 16.3 Å². The van der Waals surface area contributed by atoms with E-state index >= 15 is 0 Å². The third-order valence-corrected chi connectivity index (χ3v) is 2.34. The number of anilines is 1. The van der Waals surface area contributed by atoms with Crippen LogP contribution in [0, 0.1) is 0 Å². The lowest BCUT2D eigenvalue weighted by atomic mass is 10.3. The average molecular weight is 306 g/mol. The number of alkyl halides is 3. The molecule has 2 rings (SSSR count). The lowest BCUT2D eigenvalue weighted by molar-refractivity contribution is -0.151. The van der Waals surface area contributed by atoms with Crippen molar-refractivity contribution in [2.45, 2.75) is 6.30 Å². The van der Waals surface area contributed by atoms with Gasteiger partial charge in [-0.2, -0.15) is 18.2 Å². The maximum atomic E-state index is 11.9. The zero-order chi connectivity index (χ0) is 14.8. The number of benzene rings is 1. The van der Waals surface area contributed by atoms with Crippen molar-refractivity contribution in [3.05, 3.63) is 46.1 Å². The zero-order valence-corrected chi connectivity index (χ0v) is 10.4. The summed E-state index contributed by atoms with van der Waals surface area (Å²) in [7, 11) is 0. The van der Waals surface area contributed by atoms with Crippen LogP contribution in [0.1, 0.15) is 0 Å². The number of nitrogens with zero attached hydrogens (tertiary/aromatic N) is 3. The second kappa shape index (κ2) is 5.47. The first-order valence-electron chi connectivity index (χ1n) is 5.17. The Morgan fingerprint density at radius 1 is 1.30 bits per heavy atom. The fraction of sp³-hybridized carbons (Fsp3) is 0.100. The van der Waals surface area contributed by atoms with Crippen molar-refractivity contribution in [3.63, 3.8) is 0 Å². The molecule has 0 aliphatic heterocycles. The summed E-state index contributed by atoms with van der Waals surface area (Å²) in [5, 5.41) is 0.398. The van der Waals surface area contributed by atoms with Crippen molar-refractivity contribution in [1.82, 2.24) is 20.0 Å². The molecule has 0 unspecified atom stereocenters. The molecule has 2 aromatic rings. The molecular weight excluding hydrogens is 299 g/mol. The summed E-state index contributed by atoms with van der Waals surface area (Å²) in [6, 6.07) is 6.30. The van der Waals surface area contributed by atoms with E-state index in [-0.39, 0.29) is 0 Å². The number of halogens is 4. The zero-order valence-electron chi connectivity index (χ0n) is 9.65. The van der Waals surface area contributed by atoms with Crippen LogP contribution in [-0.2, 0) is 0 Å². The van der Waals surface area contributed by atoms with Gasteiger partial charge in [0.15, 0.2) is 0 Å². The van der Waals surface area contributed by atoms with Gasteiger partial charge in [-0.1, -0.05) is 17.7 Å². The molecule has 1 heterocycles. The molecule has 106 valence electrons. The summed E-state index contributed by atoms with van der Waals surface area (Å²) in [5.41, 5.74) is 2.27. The normalized spacial score (nSPS) is 11.4. The van der Waals surface area contributed by atoms with E-state index in [4.69, 9.17) is 11.6 Å². The van der Waals surface area contributed by atoms with E-state index in [2.05, 4.69) is 9.97 Å². The SMILES string of the molecule is O=c1nc(NNC(F)(F)F)ncn1-c1cccc(Cl)c1.